The van der Waals surface area contributed by atoms with Gasteiger partial charge in [-0.25, -0.2) is 0 Å². The summed E-state index contributed by atoms with van der Waals surface area (Å²) in [5.41, 5.74) is 2.06. The molecule has 0 aromatic heterocycles. The zero-order valence-corrected chi connectivity index (χ0v) is 11.5. The zero-order chi connectivity index (χ0) is 13.2. The predicted octanol–water partition coefficient (Wildman–Crippen LogP) is 2.23. The van der Waals surface area contributed by atoms with E-state index in [0.717, 1.165) is 18.2 Å². The van der Waals surface area contributed by atoms with Crippen LogP contribution in [-0.4, -0.2) is 41.5 Å². The molecule has 0 N–H and O–H groups in total. The monoisotopic (exact) mass is 255 g/mol. The average molecular weight is 255 g/mol. The summed E-state index contributed by atoms with van der Waals surface area (Å²) in [4.78, 5) is 5.24. The van der Waals surface area contributed by atoms with Crippen molar-refractivity contribution in [2.45, 2.75) is 38.4 Å². The van der Waals surface area contributed by atoms with Gasteiger partial charge in [0.1, 0.15) is 0 Å². The van der Waals surface area contributed by atoms with Gasteiger partial charge in [-0.1, -0.05) is 12.1 Å². The Labute approximate surface area is 115 Å². The first-order chi connectivity index (χ1) is 9.26. The van der Waals surface area contributed by atoms with Gasteiger partial charge >= 0.3 is 0 Å². The smallest absolute Gasteiger partial charge is 0.0991 e. The van der Waals surface area contributed by atoms with Crippen LogP contribution in [0.3, 0.4) is 0 Å². The van der Waals surface area contributed by atoms with Gasteiger partial charge in [-0.3, -0.25) is 9.80 Å². The van der Waals surface area contributed by atoms with E-state index in [1.54, 1.807) is 0 Å². The Hall–Kier alpha value is -1.37. The molecule has 0 spiro atoms. The van der Waals surface area contributed by atoms with E-state index in [-0.39, 0.29) is 0 Å². The summed E-state index contributed by atoms with van der Waals surface area (Å²) in [7, 11) is 0. The number of nitriles is 1. The Kier molecular flexibility index (Phi) is 3.54. The molecule has 0 radical (unpaired) electrons. The van der Waals surface area contributed by atoms with Crippen LogP contribution >= 0.6 is 0 Å². The van der Waals surface area contributed by atoms with Crippen molar-refractivity contribution in [2.24, 2.45) is 0 Å². The van der Waals surface area contributed by atoms with Crippen molar-refractivity contribution >= 4 is 0 Å². The van der Waals surface area contributed by atoms with Gasteiger partial charge in [-0.2, -0.15) is 5.26 Å². The molecule has 3 nitrogen and oxygen atoms in total. The van der Waals surface area contributed by atoms with Crippen LogP contribution in [0.4, 0.5) is 0 Å². The minimum absolute atomic E-state index is 0.630. The molecule has 2 aliphatic rings. The van der Waals surface area contributed by atoms with Gasteiger partial charge in [0.05, 0.1) is 11.6 Å². The number of piperazine rings is 1. The lowest BCUT2D eigenvalue weighted by molar-refractivity contribution is 0.0540. The molecule has 3 heteroatoms. The second kappa shape index (κ2) is 5.32. The highest BCUT2D eigenvalue weighted by atomic mass is 15.3. The topological polar surface area (TPSA) is 30.3 Å². The van der Waals surface area contributed by atoms with Crippen molar-refractivity contribution < 1.29 is 0 Å². The van der Waals surface area contributed by atoms with Gasteiger partial charge in [0.25, 0.3) is 0 Å². The summed E-state index contributed by atoms with van der Waals surface area (Å²) in [5, 5.41) is 8.83. The van der Waals surface area contributed by atoms with E-state index in [0.29, 0.717) is 6.04 Å². The van der Waals surface area contributed by atoms with Gasteiger partial charge in [-0.15, -0.1) is 0 Å². The van der Waals surface area contributed by atoms with Gasteiger partial charge < -0.3 is 0 Å². The van der Waals surface area contributed by atoms with E-state index in [1.165, 1.54) is 38.0 Å². The highest BCUT2D eigenvalue weighted by Crippen LogP contribution is 2.25. The molecule has 0 bridgehead atoms. The van der Waals surface area contributed by atoms with Crippen LogP contribution < -0.4 is 0 Å². The predicted molar refractivity (Wildman–Crippen MR) is 75.6 cm³/mol. The minimum atomic E-state index is 0.630. The van der Waals surface area contributed by atoms with E-state index in [2.05, 4.69) is 34.9 Å². The van der Waals surface area contributed by atoms with Gasteiger partial charge in [-0.05, 0) is 44.0 Å². The summed E-state index contributed by atoms with van der Waals surface area (Å²) >= 11 is 0. The molecule has 3 rings (SSSR count). The van der Waals surface area contributed by atoms with Crippen molar-refractivity contribution in [3.8, 4) is 6.07 Å². The van der Waals surface area contributed by atoms with Crippen molar-refractivity contribution in [2.75, 3.05) is 19.6 Å². The van der Waals surface area contributed by atoms with Crippen LogP contribution in [0.2, 0.25) is 0 Å². The van der Waals surface area contributed by atoms with E-state index in [4.69, 9.17) is 5.26 Å². The molecule has 0 saturated carbocycles. The summed E-state index contributed by atoms with van der Waals surface area (Å²) < 4.78 is 0. The molecule has 1 aromatic carbocycles. The highest BCUT2D eigenvalue weighted by molar-refractivity contribution is 5.31. The Balaban J connectivity index is 1.66. The lowest BCUT2D eigenvalue weighted by Gasteiger charge is -2.42. The molecule has 0 aliphatic carbocycles. The number of hydrogen-bond donors (Lipinski definition) is 0. The first-order valence-electron chi connectivity index (χ1n) is 7.23. The Morgan fingerprint density at radius 3 is 2.79 bits per heavy atom. The van der Waals surface area contributed by atoms with E-state index >= 15 is 0 Å². The Morgan fingerprint density at radius 1 is 1.26 bits per heavy atom. The maximum absolute atomic E-state index is 8.83. The normalized spacial score (nSPS) is 28.0. The molecular formula is C16H21N3. The van der Waals surface area contributed by atoms with E-state index < -0.39 is 0 Å². The van der Waals surface area contributed by atoms with Crippen LogP contribution in [0.1, 0.15) is 30.9 Å². The lowest BCUT2D eigenvalue weighted by Crippen LogP contribution is -2.54. The number of hydrogen-bond acceptors (Lipinski definition) is 3. The highest BCUT2D eigenvalue weighted by Gasteiger charge is 2.34. The molecular weight excluding hydrogens is 234 g/mol. The molecule has 2 unspecified atom stereocenters. The number of rotatable bonds is 2. The first-order valence-corrected chi connectivity index (χ1v) is 7.23. The largest absolute Gasteiger partial charge is 0.298 e. The van der Waals surface area contributed by atoms with E-state index in [9.17, 15) is 0 Å². The third kappa shape index (κ3) is 2.65. The van der Waals surface area contributed by atoms with Crippen molar-refractivity contribution in [3.63, 3.8) is 0 Å². The third-order valence-electron chi connectivity index (χ3n) is 4.54. The maximum Gasteiger partial charge on any atom is 0.0991 e. The van der Waals surface area contributed by atoms with Crippen molar-refractivity contribution in [1.82, 2.24) is 9.80 Å². The number of nitrogens with zero attached hydrogens (tertiary/aromatic N) is 3. The fraction of sp³-hybridized carbons (Fsp3) is 0.562. The molecule has 2 aliphatic heterocycles. The zero-order valence-electron chi connectivity index (χ0n) is 11.5. The van der Waals surface area contributed by atoms with Crippen LogP contribution in [0.25, 0.3) is 0 Å². The standard InChI is InChI=1S/C16H21N3/c1-13-10-18-8-2-3-16(18)12-19(13)11-15-6-4-14(9-17)5-7-15/h4-7,13,16H,2-3,8,10-12H2,1H3. The average Bonchev–Trinajstić information content (AvgIpc) is 2.87. The second-order valence-electron chi connectivity index (χ2n) is 5.88. The van der Waals surface area contributed by atoms with Crippen molar-refractivity contribution in [3.05, 3.63) is 35.4 Å². The fourth-order valence-corrected chi connectivity index (χ4v) is 3.39. The summed E-state index contributed by atoms with van der Waals surface area (Å²) in [6, 6.07) is 11.6. The summed E-state index contributed by atoms with van der Waals surface area (Å²) in [6.45, 7) is 7.04. The van der Waals surface area contributed by atoms with Gasteiger partial charge in [0.15, 0.2) is 0 Å². The summed E-state index contributed by atoms with van der Waals surface area (Å²) in [6.07, 6.45) is 2.72. The summed E-state index contributed by atoms with van der Waals surface area (Å²) in [5.74, 6) is 0. The molecule has 2 saturated heterocycles. The van der Waals surface area contributed by atoms with Crippen LogP contribution in [0, 0.1) is 11.3 Å². The maximum atomic E-state index is 8.83. The fourth-order valence-electron chi connectivity index (χ4n) is 3.39. The number of fused-ring (bicyclic) bond motifs is 1. The van der Waals surface area contributed by atoms with Crippen LogP contribution in [0.5, 0.6) is 0 Å². The molecule has 100 valence electrons. The van der Waals surface area contributed by atoms with Crippen LogP contribution in [0.15, 0.2) is 24.3 Å². The molecule has 2 fully saturated rings. The Bertz CT molecular complexity index is 474. The number of benzene rings is 1. The second-order valence-corrected chi connectivity index (χ2v) is 5.88. The van der Waals surface area contributed by atoms with E-state index in [1.807, 2.05) is 12.1 Å². The minimum Gasteiger partial charge on any atom is -0.298 e. The first kappa shape index (κ1) is 12.7. The SMILES string of the molecule is CC1CN2CCCC2CN1Cc1ccc(C#N)cc1. The molecule has 2 atom stereocenters. The lowest BCUT2D eigenvalue weighted by atomic mass is 10.1. The van der Waals surface area contributed by atoms with Crippen LogP contribution in [-0.2, 0) is 6.54 Å². The Morgan fingerprint density at radius 2 is 2.05 bits per heavy atom. The quantitative estimate of drug-likeness (QED) is 0.812. The molecule has 19 heavy (non-hydrogen) atoms. The molecule has 0 amide bonds. The van der Waals surface area contributed by atoms with Crippen molar-refractivity contribution in [1.29, 1.82) is 5.26 Å². The third-order valence-corrected chi connectivity index (χ3v) is 4.54. The molecule has 2 heterocycles. The molecule has 1 aromatic rings. The van der Waals surface area contributed by atoms with Gasteiger partial charge in [0, 0.05) is 31.7 Å². The van der Waals surface area contributed by atoms with Gasteiger partial charge in [0.2, 0.25) is 0 Å².